The van der Waals surface area contributed by atoms with E-state index in [0.717, 1.165) is 11.1 Å². The molecule has 2 aromatic carbocycles. The number of carbonyl (C=O) groups excluding carboxylic acids is 1. The lowest BCUT2D eigenvalue weighted by Crippen LogP contribution is -2.31. The van der Waals surface area contributed by atoms with Crippen molar-refractivity contribution in [1.82, 2.24) is 5.32 Å². The number of aliphatic hydroxyl groups excluding tert-OH is 1. The smallest absolute Gasteiger partial charge is 0.254 e. The van der Waals surface area contributed by atoms with Crippen LogP contribution < -0.4 is 11.1 Å². The van der Waals surface area contributed by atoms with Gasteiger partial charge in [0.1, 0.15) is 0 Å². The van der Waals surface area contributed by atoms with Gasteiger partial charge in [-0.2, -0.15) is 0 Å². The second-order valence-electron chi connectivity index (χ2n) is 4.66. The molecule has 0 bridgehead atoms. The first-order valence-electron chi connectivity index (χ1n) is 6.45. The van der Waals surface area contributed by atoms with Gasteiger partial charge in [-0.05, 0) is 24.1 Å². The highest BCUT2D eigenvalue weighted by Gasteiger charge is 2.17. The Hall–Kier alpha value is -2.33. The zero-order valence-corrected chi connectivity index (χ0v) is 11.3. The van der Waals surface area contributed by atoms with E-state index in [0.29, 0.717) is 11.3 Å². The zero-order valence-electron chi connectivity index (χ0n) is 11.3. The minimum Gasteiger partial charge on any atom is -0.398 e. The normalized spacial score (nSPS) is 11.9. The summed E-state index contributed by atoms with van der Waals surface area (Å²) in [5.41, 5.74) is 8.42. The van der Waals surface area contributed by atoms with E-state index in [1.54, 1.807) is 6.07 Å². The molecule has 0 saturated heterocycles. The number of nitrogens with two attached hydrogens (primary N) is 1. The minimum atomic E-state index is -0.442. The van der Waals surface area contributed by atoms with Crippen LogP contribution in [0.25, 0.3) is 0 Å². The summed E-state index contributed by atoms with van der Waals surface area (Å²) >= 11 is 0. The highest BCUT2D eigenvalue weighted by Crippen LogP contribution is 2.18. The number of rotatable bonds is 4. The van der Waals surface area contributed by atoms with Crippen LogP contribution >= 0.6 is 0 Å². The predicted octanol–water partition coefficient (Wildman–Crippen LogP) is 2.04. The van der Waals surface area contributed by atoms with Crippen LogP contribution in [0.4, 0.5) is 5.69 Å². The second-order valence-corrected chi connectivity index (χ2v) is 4.66. The Morgan fingerprint density at radius 1 is 1.20 bits per heavy atom. The van der Waals surface area contributed by atoms with E-state index in [1.165, 1.54) is 0 Å². The molecule has 0 heterocycles. The van der Waals surface area contributed by atoms with Crippen molar-refractivity contribution in [3.8, 4) is 0 Å². The number of hydrogen-bond donors (Lipinski definition) is 3. The van der Waals surface area contributed by atoms with Gasteiger partial charge in [-0.1, -0.05) is 42.5 Å². The SMILES string of the molecule is Cc1cccc(N)c1C(=O)N[C@@H](CO)c1ccccc1. The molecule has 104 valence electrons. The summed E-state index contributed by atoms with van der Waals surface area (Å²) in [6.07, 6.45) is 0. The minimum absolute atomic E-state index is 0.165. The van der Waals surface area contributed by atoms with Crippen LogP contribution in [0, 0.1) is 6.92 Å². The van der Waals surface area contributed by atoms with E-state index in [2.05, 4.69) is 5.32 Å². The first-order valence-corrected chi connectivity index (χ1v) is 6.45. The van der Waals surface area contributed by atoms with Gasteiger partial charge in [0, 0.05) is 5.69 Å². The molecule has 1 amide bonds. The van der Waals surface area contributed by atoms with E-state index in [-0.39, 0.29) is 12.5 Å². The van der Waals surface area contributed by atoms with Gasteiger partial charge in [-0.3, -0.25) is 4.79 Å². The highest BCUT2D eigenvalue weighted by atomic mass is 16.3. The first kappa shape index (κ1) is 14.1. The van der Waals surface area contributed by atoms with Gasteiger partial charge in [-0.25, -0.2) is 0 Å². The highest BCUT2D eigenvalue weighted by molar-refractivity contribution is 6.00. The van der Waals surface area contributed by atoms with E-state index in [4.69, 9.17) is 5.73 Å². The Kier molecular flexibility index (Phi) is 4.38. The topological polar surface area (TPSA) is 75.4 Å². The Labute approximate surface area is 118 Å². The van der Waals surface area contributed by atoms with Crippen molar-refractivity contribution in [2.45, 2.75) is 13.0 Å². The molecule has 0 aliphatic carbocycles. The van der Waals surface area contributed by atoms with Crippen molar-refractivity contribution < 1.29 is 9.90 Å². The molecule has 20 heavy (non-hydrogen) atoms. The Morgan fingerprint density at radius 2 is 1.90 bits per heavy atom. The fraction of sp³-hybridized carbons (Fsp3) is 0.188. The van der Waals surface area contributed by atoms with E-state index in [9.17, 15) is 9.90 Å². The summed E-state index contributed by atoms with van der Waals surface area (Å²) in [7, 11) is 0. The number of nitrogen functional groups attached to an aromatic ring is 1. The van der Waals surface area contributed by atoms with Gasteiger partial charge in [0.15, 0.2) is 0 Å². The number of carbonyl (C=O) groups is 1. The third-order valence-electron chi connectivity index (χ3n) is 3.22. The molecule has 2 aromatic rings. The van der Waals surface area contributed by atoms with Crippen LogP contribution in [0.2, 0.25) is 0 Å². The average molecular weight is 270 g/mol. The monoisotopic (exact) mass is 270 g/mol. The summed E-state index contributed by atoms with van der Waals surface area (Å²) in [5, 5.41) is 12.3. The van der Waals surface area contributed by atoms with Gasteiger partial charge in [0.2, 0.25) is 0 Å². The number of hydrogen-bond acceptors (Lipinski definition) is 3. The molecule has 4 N–H and O–H groups in total. The third kappa shape index (κ3) is 2.97. The second kappa shape index (κ2) is 6.21. The molecule has 2 rings (SSSR count). The van der Waals surface area contributed by atoms with Crippen molar-refractivity contribution in [2.24, 2.45) is 0 Å². The maximum Gasteiger partial charge on any atom is 0.254 e. The van der Waals surface area contributed by atoms with Crippen LogP contribution in [0.15, 0.2) is 48.5 Å². The fourth-order valence-electron chi connectivity index (χ4n) is 2.15. The predicted molar refractivity (Wildman–Crippen MR) is 79.3 cm³/mol. The molecule has 0 saturated carbocycles. The van der Waals surface area contributed by atoms with Crippen LogP contribution in [0.3, 0.4) is 0 Å². The number of amides is 1. The molecular formula is C16H18N2O2. The zero-order chi connectivity index (χ0) is 14.5. The van der Waals surface area contributed by atoms with Crippen molar-refractivity contribution in [2.75, 3.05) is 12.3 Å². The summed E-state index contributed by atoms with van der Waals surface area (Å²) in [5.74, 6) is -0.275. The summed E-state index contributed by atoms with van der Waals surface area (Å²) in [4.78, 5) is 12.3. The van der Waals surface area contributed by atoms with Gasteiger partial charge in [-0.15, -0.1) is 0 Å². The number of benzene rings is 2. The summed E-state index contributed by atoms with van der Waals surface area (Å²) in [6, 6.07) is 14.2. The molecule has 0 aliphatic heterocycles. The first-order chi connectivity index (χ1) is 9.63. The number of nitrogens with one attached hydrogen (secondary N) is 1. The lowest BCUT2D eigenvalue weighted by Gasteiger charge is -2.18. The van der Waals surface area contributed by atoms with Gasteiger partial charge < -0.3 is 16.2 Å². The summed E-state index contributed by atoms with van der Waals surface area (Å²) < 4.78 is 0. The molecule has 0 unspecified atom stereocenters. The summed E-state index contributed by atoms with van der Waals surface area (Å²) in [6.45, 7) is 1.67. The van der Waals surface area contributed by atoms with Crippen molar-refractivity contribution in [1.29, 1.82) is 0 Å². The molecule has 1 atom stereocenters. The Morgan fingerprint density at radius 3 is 2.50 bits per heavy atom. The molecule has 0 radical (unpaired) electrons. The maximum absolute atomic E-state index is 12.3. The number of aryl methyl sites for hydroxylation is 1. The molecule has 4 nitrogen and oxygen atoms in total. The quantitative estimate of drug-likeness (QED) is 0.744. The molecule has 0 fully saturated rings. The fourth-order valence-corrected chi connectivity index (χ4v) is 2.15. The van der Waals surface area contributed by atoms with Crippen molar-refractivity contribution in [3.63, 3.8) is 0 Å². The lowest BCUT2D eigenvalue weighted by molar-refractivity contribution is 0.0916. The van der Waals surface area contributed by atoms with Crippen LogP contribution in [0.5, 0.6) is 0 Å². The molecule has 0 spiro atoms. The van der Waals surface area contributed by atoms with E-state index < -0.39 is 6.04 Å². The molecule has 4 heteroatoms. The van der Waals surface area contributed by atoms with Crippen LogP contribution in [-0.2, 0) is 0 Å². The molecular weight excluding hydrogens is 252 g/mol. The van der Waals surface area contributed by atoms with Gasteiger partial charge in [0.05, 0.1) is 18.2 Å². The Bertz CT molecular complexity index is 576. The van der Waals surface area contributed by atoms with E-state index >= 15 is 0 Å². The van der Waals surface area contributed by atoms with Gasteiger partial charge >= 0.3 is 0 Å². The van der Waals surface area contributed by atoms with Gasteiger partial charge in [0.25, 0.3) is 5.91 Å². The van der Waals surface area contributed by atoms with Crippen molar-refractivity contribution in [3.05, 3.63) is 65.2 Å². The Balaban J connectivity index is 2.22. The largest absolute Gasteiger partial charge is 0.398 e. The third-order valence-corrected chi connectivity index (χ3v) is 3.22. The van der Waals surface area contributed by atoms with Crippen LogP contribution in [-0.4, -0.2) is 17.6 Å². The van der Waals surface area contributed by atoms with Crippen molar-refractivity contribution >= 4 is 11.6 Å². The number of aliphatic hydroxyl groups is 1. The van der Waals surface area contributed by atoms with E-state index in [1.807, 2.05) is 49.4 Å². The maximum atomic E-state index is 12.3. The molecule has 0 aromatic heterocycles. The average Bonchev–Trinajstić information content (AvgIpc) is 2.45. The van der Waals surface area contributed by atoms with Crippen LogP contribution in [0.1, 0.15) is 27.5 Å². The lowest BCUT2D eigenvalue weighted by atomic mass is 10.0. The standard InChI is InChI=1S/C16H18N2O2/c1-11-6-5-9-13(17)15(11)16(20)18-14(10-19)12-7-3-2-4-8-12/h2-9,14,19H,10,17H2,1H3,(H,18,20)/t14-/m0/s1. The number of anilines is 1. The molecule has 0 aliphatic rings.